The van der Waals surface area contributed by atoms with Crippen molar-refractivity contribution in [3.63, 3.8) is 0 Å². The summed E-state index contributed by atoms with van der Waals surface area (Å²) in [5.41, 5.74) is 0.206. The first-order valence-electron chi connectivity index (χ1n) is 6.91. The molecule has 0 bridgehead atoms. The number of H-pyrrole nitrogens is 2. The van der Waals surface area contributed by atoms with Crippen molar-refractivity contribution in [1.82, 2.24) is 9.97 Å². The Bertz CT molecular complexity index is 834. The van der Waals surface area contributed by atoms with Gasteiger partial charge < -0.3 is 4.98 Å². The predicted octanol–water partition coefficient (Wildman–Crippen LogP) is 2.20. The Kier molecular flexibility index (Phi) is 4.40. The molecule has 6 heteroatoms. The van der Waals surface area contributed by atoms with E-state index in [9.17, 15) is 18.8 Å². The lowest BCUT2D eigenvalue weighted by atomic mass is 9.96. The number of ketones is 1. The van der Waals surface area contributed by atoms with Crippen LogP contribution in [0.5, 0.6) is 0 Å². The van der Waals surface area contributed by atoms with Gasteiger partial charge in [0.15, 0.2) is 0 Å². The summed E-state index contributed by atoms with van der Waals surface area (Å²) in [5.74, 6) is -0.740. The normalized spacial score (nSPS) is 11.0. The number of hydrogen-bond donors (Lipinski definition) is 2. The fraction of sp³-hybridized carbons (Fsp3) is 0.312. The van der Waals surface area contributed by atoms with Crippen LogP contribution < -0.4 is 11.2 Å². The largest absolute Gasteiger partial charge is 0.326 e. The van der Waals surface area contributed by atoms with Gasteiger partial charge in [-0.2, -0.15) is 0 Å². The molecule has 2 N–H and O–H groups in total. The van der Waals surface area contributed by atoms with Crippen molar-refractivity contribution in [2.24, 2.45) is 0 Å². The Morgan fingerprint density at radius 1 is 1.18 bits per heavy atom. The quantitative estimate of drug-likeness (QED) is 0.849. The second-order valence-corrected chi connectivity index (χ2v) is 5.52. The predicted molar refractivity (Wildman–Crippen MR) is 81.2 cm³/mol. The second kappa shape index (κ2) is 6.09. The molecule has 0 atom stereocenters. The molecule has 0 aliphatic heterocycles. The Hall–Kier alpha value is -2.50. The molecule has 0 aliphatic rings. The molecule has 0 radical (unpaired) electrons. The van der Waals surface area contributed by atoms with E-state index in [2.05, 4.69) is 9.97 Å². The van der Waals surface area contributed by atoms with Gasteiger partial charge in [-0.3, -0.25) is 14.6 Å². The molecule has 0 aliphatic carbocycles. The maximum Gasteiger partial charge on any atom is 0.326 e. The van der Waals surface area contributed by atoms with Gasteiger partial charge in [0, 0.05) is 11.1 Å². The summed E-state index contributed by atoms with van der Waals surface area (Å²) >= 11 is 0. The molecule has 2 rings (SSSR count). The van der Waals surface area contributed by atoms with Gasteiger partial charge in [0.05, 0.1) is 5.69 Å². The molecule has 1 aromatic heterocycles. The molecule has 1 heterocycles. The van der Waals surface area contributed by atoms with E-state index in [0.717, 1.165) is 5.56 Å². The van der Waals surface area contributed by atoms with Gasteiger partial charge in [0.25, 0.3) is 5.56 Å². The first-order valence-corrected chi connectivity index (χ1v) is 6.91. The molecule has 0 saturated heterocycles. The van der Waals surface area contributed by atoms with Crippen LogP contribution >= 0.6 is 0 Å². The monoisotopic (exact) mass is 304 g/mol. The standard InChI is InChI=1S/C16H17FN2O3/c1-8(2)12-13(18-16(22)19-15(12)21)14(20)11-5-9(3)4-10(6-11)7-17/h4-6,8H,7H2,1-3H3,(H2,18,19,21,22). The SMILES string of the molecule is Cc1cc(CF)cc(C(=O)c2[nH]c(=O)[nH]c(=O)c2C(C)C)c1. The van der Waals surface area contributed by atoms with Crippen molar-refractivity contribution >= 4 is 5.78 Å². The minimum absolute atomic E-state index is 0.0424. The average molecular weight is 304 g/mol. The Balaban J connectivity index is 2.66. The van der Waals surface area contributed by atoms with Gasteiger partial charge in [0.1, 0.15) is 6.67 Å². The minimum Gasteiger partial charge on any atom is -0.304 e. The van der Waals surface area contributed by atoms with E-state index in [0.29, 0.717) is 5.56 Å². The molecule has 0 unspecified atom stereocenters. The molecular formula is C16H17FN2O3. The molecule has 0 fully saturated rings. The lowest BCUT2D eigenvalue weighted by molar-refractivity contribution is 0.103. The Morgan fingerprint density at radius 2 is 1.86 bits per heavy atom. The number of aromatic amines is 2. The number of hydrogen-bond acceptors (Lipinski definition) is 3. The number of rotatable bonds is 4. The second-order valence-electron chi connectivity index (χ2n) is 5.52. The van der Waals surface area contributed by atoms with Gasteiger partial charge in [-0.15, -0.1) is 0 Å². The lowest BCUT2D eigenvalue weighted by Gasteiger charge is -2.11. The zero-order valence-corrected chi connectivity index (χ0v) is 12.6. The van der Waals surface area contributed by atoms with Gasteiger partial charge >= 0.3 is 5.69 Å². The fourth-order valence-corrected chi connectivity index (χ4v) is 2.44. The average Bonchev–Trinajstić information content (AvgIpc) is 2.44. The Morgan fingerprint density at radius 3 is 2.45 bits per heavy atom. The number of nitrogens with one attached hydrogen (secondary N) is 2. The van der Waals surface area contributed by atoms with Crippen LogP contribution in [0.4, 0.5) is 4.39 Å². The molecule has 5 nitrogen and oxygen atoms in total. The smallest absolute Gasteiger partial charge is 0.304 e. The van der Waals surface area contributed by atoms with Crippen LogP contribution in [0.2, 0.25) is 0 Å². The number of alkyl halides is 1. The van der Waals surface area contributed by atoms with Crippen LogP contribution in [0.15, 0.2) is 27.8 Å². The molecule has 1 aromatic carbocycles. The third-order valence-corrected chi connectivity index (χ3v) is 3.34. The maximum absolute atomic E-state index is 12.9. The third-order valence-electron chi connectivity index (χ3n) is 3.34. The van der Waals surface area contributed by atoms with E-state index in [4.69, 9.17) is 0 Å². The van der Waals surface area contributed by atoms with Crippen molar-refractivity contribution in [3.05, 3.63) is 67.0 Å². The van der Waals surface area contributed by atoms with Crippen LogP contribution in [0.25, 0.3) is 0 Å². The van der Waals surface area contributed by atoms with E-state index >= 15 is 0 Å². The van der Waals surface area contributed by atoms with Crippen molar-refractivity contribution < 1.29 is 9.18 Å². The maximum atomic E-state index is 12.9. The third kappa shape index (κ3) is 3.05. The Labute approximate surface area is 126 Å². The van der Waals surface area contributed by atoms with E-state index < -0.39 is 23.7 Å². The van der Waals surface area contributed by atoms with Crippen LogP contribution in [0, 0.1) is 6.92 Å². The van der Waals surface area contributed by atoms with Crippen LogP contribution in [-0.2, 0) is 6.67 Å². The van der Waals surface area contributed by atoms with Crippen molar-refractivity contribution in [1.29, 1.82) is 0 Å². The summed E-state index contributed by atoms with van der Waals surface area (Å²) in [5, 5.41) is 0. The van der Waals surface area contributed by atoms with Crippen LogP contribution in [0.1, 0.15) is 52.5 Å². The summed E-state index contributed by atoms with van der Waals surface area (Å²) in [6.07, 6.45) is 0. The van der Waals surface area contributed by atoms with Gasteiger partial charge in [-0.1, -0.05) is 25.5 Å². The molecule has 2 aromatic rings. The van der Waals surface area contributed by atoms with Crippen molar-refractivity contribution in [3.8, 4) is 0 Å². The van der Waals surface area contributed by atoms with E-state index in [1.54, 1.807) is 32.9 Å². The van der Waals surface area contributed by atoms with Gasteiger partial charge in [-0.25, -0.2) is 9.18 Å². The number of carbonyl (C=O) groups excluding carboxylic acids is 1. The van der Waals surface area contributed by atoms with Crippen LogP contribution in [-0.4, -0.2) is 15.8 Å². The summed E-state index contributed by atoms with van der Waals surface area (Å²) in [6, 6.07) is 4.67. The van der Waals surface area contributed by atoms with E-state index in [-0.39, 0.29) is 22.7 Å². The first kappa shape index (κ1) is 15.9. The van der Waals surface area contributed by atoms with Gasteiger partial charge in [-0.05, 0) is 30.5 Å². The first-order chi connectivity index (χ1) is 10.3. The van der Waals surface area contributed by atoms with E-state index in [1.807, 2.05) is 0 Å². The number of benzene rings is 1. The van der Waals surface area contributed by atoms with E-state index in [1.165, 1.54) is 6.07 Å². The highest BCUT2D eigenvalue weighted by atomic mass is 19.1. The minimum atomic E-state index is -0.740. The summed E-state index contributed by atoms with van der Waals surface area (Å²) < 4.78 is 12.9. The highest BCUT2D eigenvalue weighted by Gasteiger charge is 2.20. The van der Waals surface area contributed by atoms with Crippen molar-refractivity contribution in [2.75, 3.05) is 0 Å². The fourth-order valence-electron chi connectivity index (χ4n) is 2.44. The van der Waals surface area contributed by atoms with Gasteiger partial charge in [0.2, 0.25) is 5.78 Å². The molecule has 116 valence electrons. The zero-order chi connectivity index (χ0) is 16.4. The zero-order valence-electron chi connectivity index (χ0n) is 12.6. The number of aryl methyl sites for hydroxylation is 1. The van der Waals surface area contributed by atoms with Crippen molar-refractivity contribution in [2.45, 2.75) is 33.4 Å². The molecule has 22 heavy (non-hydrogen) atoms. The topological polar surface area (TPSA) is 82.8 Å². The molecular weight excluding hydrogens is 287 g/mol. The highest BCUT2D eigenvalue weighted by Crippen LogP contribution is 2.18. The highest BCUT2D eigenvalue weighted by molar-refractivity contribution is 6.08. The number of carbonyl (C=O) groups is 1. The molecule has 0 amide bonds. The number of halogens is 1. The molecule has 0 spiro atoms. The number of aromatic nitrogens is 2. The summed E-state index contributed by atoms with van der Waals surface area (Å²) in [6.45, 7) is 4.57. The van der Waals surface area contributed by atoms with Crippen LogP contribution in [0.3, 0.4) is 0 Å². The summed E-state index contributed by atoms with van der Waals surface area (Å²) in [4.78, 5) is 40.6. The summed E-state index contributed by atoms with van der Waals surface area (Å²) in [7, 11) is 0. The lowest BCUT2D eigenvalue weighted by Crippen LogP contribution is -2.30. The molecule has 0 saturated carbocycles.